The minimum absolute atomic E-state index is 0.176. The molecule has 0 bridgehead atoms. The van der Waals surface area contributed by atoms with Gasteiger partial charge in [0, 0.05) is 24.5 Å². The van der Waals surface area contributed by atoms with Crippen LogP contribution in [0.1, 0.15) is 57.1 Å². The number of nitrogens with two attached hydrogens (primary N) is 2. The van der Waals surface area contributed by atoms with Gasteiger partial charge in [-0.3, -0.25) is 9.59 Å². The minimum atomic E-state index is -4.74. The number of nitrogen functional groups attached to an aromatic ring is 2. The first-order valence-electron chi connectivity index (χ1n) is 12.2. The van der Waals surface area contributed by atoms with Gasteiger partial charge >= 0.3 is 6.18 Å². The van der Waals surface area contributed by atoms with Crippen molar-refractivity contribution in [2.45, 2.75) is 58.7 Å². The topological polar surface area (TPSA) is 146 Å². The molecule has 5 N–H and O–H groups in total. The Hall–Kier alpha value is -4.29. The Labute approximate surface area is 220 Å². The second kappa shape index (κ2) is 12.0. The number of unbranched alkanes of at least 4 members (excludes halogenated alkanes) is 2. The quantitative estimate of drug-likeness (QED) is 0.231. The predicted molar refractivity (Wildman–Crippen MR) is 141 cm³/mol. The highest BCUT2D eigenvalue weighted by Gasteiger charge is 2.36. The van der Waals surface area contributed by atoms with Crippen LogP contribution in [0, 0.1) is 5.82 Å². The van der Waals surface area contributed by atoms with Crippen LogP contribution < -0.4 is 22.6 Å². The highest BCUT2D eigenvalue weighted by atomic mass is 19.4. The van der Waals surface area contributed by atoms with E-state index in [-0.39, 0.29) is 22.9 Å². The summed E-state index contributed by atoms with van der Waals surface area (Å²) in [5.74, 6) is 0.235. The molecule has 9 nitrogen and oxygen atoms in total. The Morgan fingerprint density at radius 1 is 1.10 bits per heavy atom. The number of anilines is 2. The zero-order valence-electron chi connectivity index (χ0n) is 21.6. The van der Waals surface area contributed by atoms with Gasteiger partial charge in [0.2, 0.25) is 0 Å². The van der Waals surface area contributed by atoms with Gasteiger partial charge in [-0.1, -0.05) is 33.6 Å². The van der Waals surface area contributed by atoms with Gasteiger partial charge in [0.05, 0.1) is 22.8 Å². The number of aryl methyl sites for hydroxylation is 1. The number of hydrogen-bond donors (Lipinski definition) is 3. The van der Waals surface area contributed by atoms with Gasteiger partial charge < -0.3 is 16.0 Å². The summed E-state index contributed by atoms with van der Waals surface area (Å²) in [6.07, 6.45) is 2.47. The van der Waals surface area contributed by atoms with E-state index in [0.29, 0.717) is 23.1 Å². The van der Waals surface area contributed by atoms with E-state index in [1.54, 1.807) is 28.1 Å². The second-order valence-corrected chi connectivity index (χ2v) is 9.16. The van der Waals surface area contributed by atoms with Crippen molar-refractivity contribution in [3.63, 3.8) is 0 Å². The maximum atomic E-state index is 14.7. The van der Waals surface area contributed by atoms with E-state index in [4.69, 9.17) is 11.5 Å². The third kappa shape index (κ3) is 6.78. The molecule has 0 amide bonds. The summed E-state index contributed by atoms with van der Waals surface area (Å²) in [6, 6.07) is 4.73. The fourth-order valence-corrected chi connectivity index (χ4v) is 3.87. The predicted octanol–water partition coefficient (Wildman–Crippen LogP) is 4.86. The van der Waals surface area contributed by atoms with Crippen LogP contribution in [0.5, 0.6) is 0 Å². The molecule has 0 unspecified atom stereocenters. The van der Waals surface area contributed by atoms with Crippen molar-refractivity contribution in [2.24, 2.45) is 0 Å². The number of H-pyrrole nitrogens is 1. The molecule has 0 spiro atoms. The van der Waals surface area contributed by atoms with Crippen LogP contribution in [0.2, 0.25) is 0 Å². The smallest absolute Gasteiger partial charge is 0.397 e. The Bertz CT molecular complexity index is 1580. The number of halogens is 4. The van der Waals surface area contributed by atoms with Gasteiger partial charge in [-0.25, -0.2) is 19.5 Å². The number of nitrogens with zero attached hydrogens (tertiary/aromatic N) is 4. The van der Waals surface area contributed by atoms with Crippen LogP contribution in [0.25, 0.3) is 22.2 Å². The van der Waals surface area contributed by atoms with Gasteiger partial charge in [-0.15, -0.1) is 0 Å². The summed E-state index contributed by atoms with van der Waals surface area (Å²) >= 11 is 0. The van der Waals surface area contributed by atoms with E-state index in [2.05, 4.69) is 22.0 Å². The number of nitrogens with one attached hydrogen (secondary N) is 1. The summed E-state index contributed by atoms with van der Waals surface area (Å²) in [5, 5.41) is 5.77. The molecule has 1 aromatic carbocycles. The molecule has 4 aromatic rings. The molecule has 13 heteroatoms. The Morgan fingerprint density at radius 3 is 2.38 bits per heavy atom. The minimum Gasteiger partial charge on any atom is -0.397 e. The van der Waals surface area contributed by atoms with Crippen LogP contribution in [0.3, 0.4) is 0 Å². The Balaban J connectivity index is 0.000000293. The first-order chi connectivity index (χ1) is 18.3. The molecule has 0 saturated carbocycles. The number of alkyl halides is 3. The van der Waals surface area contributed by atoms with Crippen LogP contribution in [-0.4, -0.2) is 24.7 Å². The van der Waals surface area contributed by atoms with E-state index in [1.165, 1.54) is 6.07 Å². The van der Waals surface area contributed by atoms with Crippen LogP contribution in [0.4, 0.5) is 29.1 Å². The Morgan fingerprint density at radius 2 is 1.82 bits per heavy atom. The van der Waals surface area contributed by atoms with Crippen LogP contribution in [-0.2, 0) is 12.7 Å². The van der Waals surface area contributed by atoms with Crippen molar-refractivity contribution >= 4 is 22.3 Å². The molecular weight excluding hydrogens is 518 g/mol. The summed E-state index contributed by atoms with van der Waals surface area (Å²) in [6.45, 7) is 6.75. The zero-order chi connectivity index (χ0) is 28.9. The van der Waals surface area contributed by atoms with E-state index in [0.717, 1.165) is 31.0 Å². The van der Waals surface area contributed by atoms with Gasteiger partial charge in [-0.2, -0.15) is 18.3 Å². The molecule has 0 fully saturated rings. The first-order valence-corrected chi connectivity index (χ1v) is 12.2. The van der Waals surface area contributed by atoms with Crippen molar-refractivity contribution in [1.29, 1.82) is 0 Å². The maximum absolute atomic E-state index is 14.7. The summed E-state index contributed by atoms with van der Waals surface area (Å²) < 4.78 is 52.3. The monoisotopic (exact) mass is 547 g/mol. The van der Waals surface area contributed by atoms with Crippen molar-refractivity contribution in [2.75, 3.05) is 11.5 Å². The van der Waals surface area contributed by atoms with Crippen LogP contribution in [0.15, 0.2) is 46.4 Å². The largest absolute Gasteiger partial charge is 0.423 e. The van der Waals surface area contributed by atoms with Crippen molar-refractivity contribution in [3.05, 3.63) is 74.4 Å². The van der Waals surface area contributed by atoms with E-state index in [1.807, 2.05) is 19.9 Å². The van der Waals surface area contributed by atoms with E-state index < -0.39 is 28.8 Å². The Kier molecular flexibility index (Phi) is 9.04. The van der Waals surface area contributed by atoms with Gasteiger partial charge in [0.1, 0.15) is 17.2 Å². The number of hydrogen-bond acceptors (Lipinski definition) is 7. The highest BCUT2D eigenvalue weighted by Crippen LogP contribution is 2.29. The lowest BCUT2D eigenvalue weighted by Gasteiger charge is -2.11. The van der Waals surface area contributed by atoms with Gasteiger partial charge in [0.25, 0.3) is 11.1 Å². The third-order valence-electron chi connectivity index (χ3n) is 5.95. The van der Waals surface area contributed by atoms with Crippen molar-refractivity contribution < 1.29 is 17.6 Å². The summed E-state index contributed by atoms with van der Waals surface area (Å²) in [5.41, 5.74) is 8.39. The average molecular weight is 548 g/mol. The molecular formula is C26H29F4N7O2. The van der Waals surface area contributed by atoms with E-state index in [9.17, 15) is 27.2 Å². The standard InChI is InChI=1S/C21H25FN4O.C5H4F3N3O/c1-4-5-6-8-26-9-7-14-10-16(18(22)11-15(14)21(26)27)20-24-12-17(13(2)3)19(23)25-20;6-5(7,8)3-2(9)1-10-11-4(3)12/h7,9-13H,4-6,8H2,1-3H3,(H2,23,24,25);1H,(H3,9,11,12). The number of aromatic nitrogens is 5. The number of pyridine rings is 1. The SMILES string of the molecule is CCCCCn1ccc2cc(-c3ncc(C(C)C)c(N)n3)c(F)cc2c1=O.Nc1cn[nH]c(=O)c1C(F)(F)F. The lowest BCUT2D eigenvalue weighted by Crippen LogP contribution is -2.24. The molecule has 4 rings (SSSR count). The molecule has 3 heterocycles. The van der Waals surface area contributed by atoms with E-state index >= 15 is 0 Å². The molecule has 39 heavy (non-hydrogen) atoms. The highest BCUT2D eigenvalue weighted by molar-refractivity contribution is 5.86. The molecule has 0 radical (unpaired) electrons. The molecule has 0 aliphatic carbocycles. The fourth-order valence-electron chi connectivity index (χ4n) is 3.87. The van der Waals surface area contributed by atoms with Gasteiger partial charge in [-0.05, 0) is 35.9 Å². The zero-order valence-corrected chi connectivity index (χ0v) is 21.6. The molecule has 0 aliphatic rings. The van der Waals surface area contributed by atoms with Crippen molar-refractivity contribution in [3.8, 4) is 11.4 Å². The fraction of sp³-hybridized carbons (Fsp3) is 0.346. The van der Waals surface area contributed by atoms with Crippen LogP contribution >= 0.6 is 0 Å². The lowest BCUT2D eigenvalue weighted by atomic mass is 10.0. The number of fused-ring (bicyclic) bond motifs is 1. The molecule has 0 saturated heterocycles. The third-order valence-corrected chi connectivity index (χ3v) is 5.95. The molecule has 0 aliphatic heterocycles. The number of aromatic amines is 1. The molecule has 208 valence electrons. The lowest BCUT2D eigenvalue weighted by molar-refractivity contribution is -0.138. The molecule has 0 atom stereocenters. The number of benzene rings is 1. The maximum Gasteiger partial charge on any atom is 0.423 e. The average Bonchev–Trinajstić information content (AvgIpc) is 2.85. The first kappa shape index (κ1) is 29.3. The summed E-state index contributed by atoms with van der Waals surface area (Å²) in [7, 11) is 0. The van der Waals surface area contributed by atoms with Gasteiger partial charge in [0.15, 0.2) is 5.82 Å². The second-order valence-electron chi connectivity index (χ2n) is 9.16. The summed E-state index contributed by atoms with van der Waals surface area (Å²) in [4.78, 5) is 31.7. The van der Waals surface area contributed by atoms with Crippen molar-refractivity contribution in [1.82, 2.24) is 24.7 Å². The normalized spacial score (nSPS) is 11.5. The number of rotatable bonds is 6. The molecule has 3 aromatic heterocycles.